The van der Waals surface area contributed by atoms with E-state index in [0.717, 1.165) is 6.42 Å². The molecule has 0 aliphatic rings. The molecule has 2 heteroatoms. The zero-order chi connectivity index (χ0) is 9.23. The Kier molecular flexibility index (Phi) is 8.90. The summed E-state index contributed by atoms with van der Waals surface area (Å²) in [6.07, 6.45) is 6.59. The van der Waals surface area contributed by atoms with Gasteiger partial charge in [-0.25, -0.2) is 4.39 Å². The van der Waals surface area contributed by atoms with Crippen molar-refractivity contribution in [3.05, 3.63) is 0 Å². The average molecular weight is 175 g/mol. The number of hydrogen-bond acceptors (Lipinski definition) is 1. The van der Waals surface area contributed by atoms with Crippen molar-refractivity contribution in [2.75, 3.05) is 6.54 Å². The average Bonchev–Trinajstić information content (AvgIpc) is 2.05. The summed E-state index contributed by atoms with van der Waals surface area (Å²) in [4.78, 5) is 0. The third-order valence-corrected chi connectivity index (χ3v) is 2.10. The lowest BCUT2D eigenvalue weighted by Gasteiger charge is -2.05. The molecule has 0 aromatic rings. The van der Waals surface area contributed by atoms with Crippen LogP contribution in [0.4, 0.5) is 4.39 Å². The first-order valence-electron chi connectivity index (χ1n) is 5.15. The first kappa shape index (κ1) is 11.9. The van der Waals surface area contributed by atoms with E-state index in [1.807, 2.05) is 0 Å². The number of nitrogens with two attached hydrogens (primary N) is 1. The smallest absolute Gasteiger partial charge is 0.101 e. The molecule has 74 valence electrons. The van der Waals surface area contributed by atoms with Gasteiger partial charge in [0.1, 0.15) is 6.17 Å². The molecular formula is C10H22FN. The van der Waals surface area contributed by atoms with Gasteiger partial charge >= 0.3 is 0 Å². The van der Waals surface area contributed by atoms with Gasteiger partial charge in [0.05, 0.1) is 0 Å². The highest BCUT2D eigenvalue weighted by Gasteiger charge is 2.03. The van der Waals surface area contributed by atoms with Crippen LogP contribution in [0, 0.1) is 0 Å². The fourth-order valence-electron chi connectivity index (χ4n) is 1.29. The summed E-state index contributed by atoms with van der Waals surface area (Å²) in [5.41, 5.74) is 5.24. The van der Waals surface area contributed by atoms with Crippen LogP contribution < -0.4 is 5.73 Å². The van der Waals surface area contributed by atoms with Crippen molar-refractivity contribution in [2.24, 2.45) is 5.73 Å². The summed E-state index contributed by atoms with van der Waals surface area (Å²) in [6, 6.07) is 0. The number of rotatable bonds is 8. The van der Waals surface area contributed by atoms with Gasteiger partial charge in [-0.15, -0.1) is 0 Å². The van der Waals surface area contributed by atoms with Crippen LogP contribution in [0.5, 0.6) is 0 Å². The van der Waals surface area contributed by atoms with Gasteiger partial charge in [0.2, 0.25) is 0 Å². The molecule has 0 aromatic heterocycles. The summed E-state index contributed by atoms with van der Waals surface area (Å²) in [7, 11) is 0. The lowest BCUT2D eigenvalue weighted by atomic mass is 10.1. The molecule has 0 bridgehead atoms. The second-order valence-corrected chi connectivity index (χ2v) is 3.38. The molecule has 0 fully saturated rings. The van der Waals surface area contributed by atoms with Crippen molar-refractivity contribution >= 4 is 0 Å². The molecule has 1 atom stereocenters. The predicted octanol–water partition coefficient (Wildman–Crippen LogP) is 3.03. The van der Waals surface area contributed by atoms with Crippen LogP contribution in [-0.4, -0.2) is 12.7 Å². The van der Waals surface area contributed by atoms with Gasteiger partial charge in [-0.3, -0.25) is 0 Å². The largest absolute Gasteiger partial charge is 0.330 e. The van der Waals surface area contributed by atoms with E-state index in [4.69, 9.17) is 5.73 Å². The van der Waals surface area contributed by atoms with Gasteiger partial charge in [-0.05, 0) is 19.4 Å². The monoisotopic (exact) mass is 175 g/mol. The van der Waals surface area contributed by atoms with Crippen LogP contribution in [0.2, 0.25) is 0 Å². The minimum absolute atomic E-state index is 0.482. The van der Waals surface area contributed by atoms with Crippen LogP contribution in [-0.2, 0) is 0 Å². The van der Waals surface area contributed by atoms with Crippen LogP contribution in [0.3, 0.4) is 0 Å². The fourth-order valence-corrected chi connectivity index (χ4v) is 1.29. The molecule has 2 N–H and O–H groups in total. The van der Waals surface area contributed by atoms with Gasteiger partial charge in [0.25, 0.3) is 0 Å². The molecule has 12 heavy (non-hydrogen) atoms. The van der Waals surface area contributed by atoms with Crippen LogP contribution in [0.25, 0.3) is 0 Å². The molecule has 1 unspecified atom stereocenters. The fraction of sp³-hybridized carbons (Fsp3) is 1.00. The van der Waals surface area contributed by atoms with E-state index in [-0.39, 0.29) is 0 Å². The quantitative estimate of drug-likeness (QED) is 0.564. The lowest BCUT2D eigenvalue weighted by molar-refractivity contribution is 0.291. The third kappa shape index (κ3) is 7.99. The van der Waals surface area contributed by atoms with E-state index in [1.165, 1.54) is 25.7 Å². The van der Waals surface area contributed by atoms with Gasteiger partial charge < -0.3 is 5.73 Å². The zero-order valence-corrected chi connectivity index (χ0v) is 8.19. The van der Waals surface area contributed by atoms with E-state index in [9.17, 15) is 4.39 Å². The third-order valence-electron chi connectivity index (χ3n) is 2.10. The molecule has 0 radical (unpaired) electrons. The summed E-state index contributed by atoms with van der Waals surface area (Å²) in [5, 5.41) is 0. The molecule has 0 rings (SSSR count). The Morgan fingerprint density at radius 3 is 2.33 bits per heavy atom. The Bertz CT molecular complexity index is 85.9. The van der Waals surface area contributed by atoms with Gasteiger partial charge in [0, 0.05) is 0 Å². The SMILES string of the molecule is CCCCCCCC(F)CCN. The molecule has 0 amide bonds. The maximum atomic E-state index is 12.8. The van der Waals surface area contributed by atoms with Crippen molar-refractivity contribution < 1.29 is 4.39 Å². The molecule has 0 saturated heterocycles. The first-order valence-corrected chi connectivity index (χ1v) is 5.15. The minimum Gasteiger partial charge on any atom is -0.330 e. The van der Waals surface area contributed by atoms with Crippen molar-refractivity contribution in [3.8, 4) is 0 Å². The lowest BCUT2D eigenvalue weighted by Crippen LogP contribution is -2.08. The van der Waals surface area contributed by atoms with Gasteiger partial charge in [0.15, 0.2) is 0 Å². The molecule has 0 aliphatic carbocycles. The van der Waals surface area contributed by atoms with Crippen LogP contribution in [0.1, 0.15) is 51.9 Å². The summed E-state index contributed by atoms with van der Waals surface area (Å²) in [5.74, 6) is 0. The number of halogens is 1. The Labute approximate surface area is 75.5 Å². The van der Waals surface area contributed by atoms with Crippen molar-refractivity contribution in [2.45, 2.75) is 58.0 Å². The summed E-state index contributed by atoms with van der Waals surface area (Å²) < 4.78 is 12.8. The van der Waals surface area contributed by atoms with E-state index in [2.05, 4.69) is 6.92 Å². The molecule has 1 nitrogen and oxygen atoms in total. The van der Waals surface area contributed by atoms with Crippen LogP contribution >= 0.6 is 0 Å². The maximum absolute atomic E-state index is 12.8. The highest BCUT2D eigenvalue weighted by atomic mass is 19.1. The van der Waals surface area contributed by atoms with E-state index < -0.39 is 6.17 Å². The van der Waals surface area contributed by atoms with Crippen molar-refractivity contribution in [3.63, 3.8) is 0 Å². The molecule has 0 aromatic carbocycles. The first-order chi connectivity index (χ1) is 5.81. The summed E-state index contributed by atoms with van der Waals surface area (Å²) >= 11 is 0. The summed E-state index contributed by atoms with van der Waals surface area (Å²) in [6.45, 7) is 2.67. The minimum atomic E-state index is -0.656. The van der Waals surface area contributed by atoms with Gasteiger partial charge in [-0.2, -0.15) is 0 Å². The number of unbranched alkanes of at least 4 members (excludes halogenated alkanes) is 4. The second-order valence-electron chi connectivity index (χ2n) is 3.38. The highest BCUT2D eigenvalue weighted by Crippen LogP contribution is 2.10. The molecule has 0 aliphatic heterocycles. The standard InChI is InChI=1S/C10H22FN/c1-2-3-4-5-6-7-10(11)8-9-12/h10H,2-9,12H2,1H3. The highest BCUT2D eigenvalue weighted by molar-refractivity contribution is 4.56. The Hall–Kier alpha value is -0.110. The van der Waals surface area contributed by atoms with Crippen molar-refractivity contribution in [1.82, 2.24) is 0 Å². The Morgan fingerprint density at radius 1 is 1.08 bits per heavy atom. The molecule has 0 saturated carbocycles. The number of hydrogen-bond donors (Lipinski definition) is 1. The Morgan fingerprint density at radius 2 is 1.75 bits per heavy atom. The van der Waals surface area contributed by atoms with E-state index in [0.29, 0.717) is 19.4 Å². The van der Waals surface area contributed by atoms with Crippen molar-refractivity contribution in [1.29, 1.82) is 0 Å². The van der Waals surface area contributed by atoms with E-state index >= 15 is 0 Å². The Balaban J connectivity index is 2.97. The number of alkyl halides is 1. The zero-order valence-electron chi connectivity index (χ0n) is 8.19. The normalized spacial score (nSPS) is 13.2. The van der Waals surface area contributed by atoms with Gasteiger partial charge in [-0.1, -0.05) is 39.0 Å². The van der Waals surface area contributed by atoms with Crippen LogP contribution in [0.15, 0.2) is 0 Å². The van der Waals surface area contributed by atoms with E-state index in [1.54, 1.807) is 0 Å². The predicted molar refractivity (Wildman–Crippen MR) is 51.9 cm³/mol. The maximum Gasteiger partial charge on any atom is 0.101 e. The molecule has 0 heterocycles. The second kappa shape index (κ2) is 8.98. The molecule has 0 spiro atoms. The topological polar surface area (TPSA) is 26.0 Å². The molecular weight excluding hydrogens is 153 g/mol.